The summed E-state index contributed by atoms with van der Waals surface area (Å²) in [7, 11) is 0. The smallest absolute Gasteiger partial charge is 0.381 e. The van der Waals surface area contributed by atoms with Crippen LogP contribution in [0.1, 0.15) is 0 Å². The summed E-state index contributed by atoms with van der Waals surface area (Å²) in [5.41, 5.74) is 2.76. The zero-order valence-electron chi connectivity index (χ0n) is 9.74. The molecule has 0 unspecified atom stereocenters. The molecule has 0 fully saturated rings. The lowest BCUT2D eigenvalue weighted by atomic mass is 10.3. The molecule has 0 aliphatic heterocycles. The molecule has 0 saturated heterocycles. The Morgan fingerprint density at radius 3 is 2.42 bits per heavy atom. The number of hydrogen-bond donors (Lipinski definition) is 2. The number of fused-ring (bicyclic) bond motifs is 1. The molecule has 0 bridgehead atoms. The third-order valence-electron chi connectivity index (χ3n) is 2.26. The van der Waals surface area contributed by atoms with Gasteiger partial charge < -0.3 is 11.1 Å². The van der Waals surface area contributed by atoms with E-state index in [-0.39, 0.29) is 29.9 Å². The van der Waals surface area contributed by atoms with Crippen molar-refractivity contribution in [2.24, 2.45) is 0 Å². The van der Waals surface area contributed by atoms with Crippen molar-refractivity contribution < 1.29 is 13.2 Å². The molecule has 0 atom stereocenters. The fourth-order valence-electron chi connectivity index (χ4n) is 1.48. The molecule has 1 aromatic carbocycles. The maximum absolute atomic E-state index is 12.0. The summed E-state index contributed by atoms with van der Waals surface area (Å²) < 4.78 is 35.9. The van der Waals surface area contributed by atoms with Gasteiger partial charge in [-0.05, 0) is 23.9 Å². The van der Waals surface area contributed by atoms with Crippen molar-refractivity contribution in [1.29, 1.82) is 0 Å². The molecular formula is C11H11F3N4S. The van der Waals surface area contributed by atoms with E-state index in [1.54, 1.807) is 18.2 Å². The highest BCUT2D eigenvalue weighted by Gasteiger charge is 2.27. The number of aromatic nitrogens is 2. The van der Waals surface area contributed by atoms with Gasteiger partial charge in [0.05, 0.1) is 11.0 Å². The number of benzene rings is 1. The minimum atomic E-state index is -4.22. The first kappa shape index (κ1) is 13.7. The number of nitrogens with zero attached hydrogens (tertiary/aromatic N) is 2. The molecule has 3 N–H and O–H groups in total. The van der Waals surface area contributed by atoms with Crippen molar-refractivity contribution in [3.05, 3.63) is 24.3 Å². The lowest BCUT2D eigenvalue weighted by Gasteiger charge is -2.09. The number of nitrogen functional groups attached to an aromatic ring is 1. The van der Waals surface area contributed by atoms with Gasteiger partial charge in [-0.2, -0.15) is 13.2 Å². The first-order chi connectivity index (χ1) is 8.96. The number of anilines is 2. The van der Waals surface area contributed by atoms with Gasteiger partial charge in [0.1, 0.15) is 0 Å². The fourth-order valence-corrected chi connectivity index (χ4v) is 1.92. The molecule has 19 heavy (non-hydrogen) atoms. The molecule has 102 valence electrons. The highest BCUT2D eigenvalue weighted by molar-refractivity contribution is 8.00. The van der Waals surface area contributed by atoms with Gasteiger partial charge in [-0.25, -0.2) is 9.97 Å². The third kappa shape index (κ3) is 3.88. The molecule has 0 amide bonds. The predicted octanol–water partition coefficient (Wildman–Crippen LogP) is 2.88. The van der Waals surface area contributed by atoms with Crippen molar-refractivity contribution >= 4 is 34.4 Å². The van der Waals surface area contributed by atoms with Gasteiger partial charge in [0.15, 0.2) is 11.6 Å². The largest absolute Gasteiger partial charge is 0.441 e. The first-order valence-corrected chi connectivity index (χ1v) is 6.41. The second-order valence-electron chi connectivity index (χ2n) is 3.67. The van der Waals surface area contributed by atoms with Crippen LogP contribution in [0.3, 0.4) is 0 Å². The van der Waals surface area contributed by atoms with Crippen molar-refractivity contribution in [2.75, 3.05) is 23.3 Å². The van der Waals surface area contributed by atoms with Crippen LogP contribution < -0.4 is 11.1 Å². The number of thioether (sulfide) groups is 1. The Labute approximate surface area is 111 Å². The highest BCUT2D eigenvalue weighted by Crippen LogP contribution is 2.29. The number of hydrogen-bond acceptors (Lipinski definition) is 5. The molecule has 1 aromatic heterocycles. The van der Waals surface area contributed by atoms with Crippen molar-refractivity contribution in [3.8, 4) is 0 Å². The van der Waals surface area contributed by atoms with Gasteiger partial charge in [0.2, 0.25) is 0 Å². The topological polar surface area (TPSA) is 63.8 Å². The molecular weight excluding hydrogens is 277 g/mol. The zero-order valence-corrected chi connectivity index (χ0v) is 10.6. The molecule has 1 heterocycles. The average molecular weight is 288 g/mol. The van der Waals surface area contributed by atoms with Crippen LogP contribution in [0.25, 0.3) is 11.0 Å². The van der Waals surface area contributed by atoms with Gasteiger partial charge in [0, 0.05) is 12.3 Å². The van der Waals surface area contributed by atoms with E-state index in [2.05, 4.69) is 15.3 Å². The van der Waals surface area contributed by atoms with E-state index in [1.807, 2.05) is 6.07 Å². The molecule has 0 radical (unpaired) electrons. The van der Waals surface area contributed by atoms with E-state index in [9.17, 15) is 13.2 Å². The lowest BCUT2D eigenvalue weighted by Crippen LogP contribution is -2.12. The standard InChI is InChI=1S/C11H11F3N4S/c12-11(13,14)19-6-5-16-10-9(15)17-7-3-1-2-4-8(7)18-10/h1-4H,5-6H2,(H2,15,17)(H,16,18). The van der Waals surface area contributed by atoms with E-state index in [0.717, 1.165) is 0 Å². The zero-order chi connectivity index (χ0) is 13.9. The van der Waals surface area contributed by atoms with E-state index < -0.39 is 5.51 Å². The average Bonchev–Trinajstić information content (AvgIpc) is 2.33. The summed E-state index contributed by atoms with van der Waals surface area (Å²) in [4.78, 5) is 8.35. The summed E-state index contributed by atoms with van der Waals surface area (Å²) >= 11 is -0.0892. The minimum absolute atomic E-state index is 0.0892. The molecule has 0 saturated carbocycles. The van der Waals surface area contributed by atoms with E-state index in [0.29, 0.717) is 16.9 Å². The lowest BCUT2D eigenvalue weighted by molar-refractivity contribution is -0.0327. The van der Waals surface area contributed by atoms with Gasteiger partial charge >= 0.3 is 5.51 Å². The van der Waals surface area contributed by atoms with Crippen LogP contribution in [-0.4, -0.2) is 27.8 Å². The number of nitrogens with two attached hydrogens (primary N) is 1. The van der Waals surface area contributed by atoms with E-state index in [4.69, 9.17) is 5.73 Å². The molecule has 0 aliphatic carbocycles. The number of nitrogens with one attached hydrogen (secondary N) is 1. The Morgan fingerprint density at radius 2 is 1.79 bits per heavy atom. The SMILES string of the molecule is Nc1nc2ccccc2nc1NCCSC(F)(F)F. The van der Waals surface area contributed by atoms with Gasteiger partial charge in [-0.3, -0.25) is 0 Å². The maximum atomic E-state index is 12.0. The van der Waals surface area contributed by atoms with Crippen LogP contribution in [0.4, 0.5) is 24.8 Å². The van der Waals surface area contributed by atoms with Crippen LogP contribution in [0.2, 0.25) is 0 Å². The Morgan fingerprint density at radius 1 is 1.16 bits per heavy atom. The first-order valence-electron chi connectivity index (χ1n) is 5.42. The fraction of sp³-hybridized carbons (Fsp3) is 0.273. The summed E-state index contributed by atoms with van der Waals surface area (Å²) in [6.07, 6.45) is 0. The number of para-hydroxylation sites is 2. The molecule has 4 nitrogen and oxygen atoms in total. The third-order valence-corrected chi connectivity index (χ3v) is 2.99. The summed E-state index contributed by atoms with van der Waals surface area (Å²) in [6.45, 7) is 0.112. The monoisotopic (exact) mass is 288 g/mol. The number of alkyl halides is 3. The quantitative estimate of drug-likeness (QED) is 0.847. The predicted molar refractivity (Wildman–Crippen MR) is 71.0 cm³/mol. The van der Waals surface area contributed by atoms with Crippen LogP contribution in [0, 0.1) is 0 Å². The Hall–Kier alpha value is -1.70. The van der Waals surface area contributed by atoms with Crippen molar-refractivity contribution in [2.45, 2.75) is 5.51 Å². The van der Waals surface area contributed by atoms with Crippen LogP contribution in [0.15, 0.2) is 24.3 Å². The molecule has 0 spiro atoms. The highest BCUT2D eigenvalue weighted by atomic mass is 32.2. The van der Waals surface area contributed by atoms with Crippen molar-refractivity contribution in [1.82, 2.24) is 9.97 Å². The van der Waals surface area contributed by atoms with Crippen LogP contribution in [-0.2, 0) is 0 Å². The summed E-state index contributed by atoms with van der Waals surface area (Å²) in [5.74, 6) is 0.370. The molecule has 2 aromatic rings. The second-order valence-corrected chi connectivity index (χ2v) is 4.83. The number of rotatable bonds is 4. The number of halogens is 3. The normalized spacial score (nSPS) is 11.7. The van der Waals surface area contributed by atoms with Gasteiger partial charge in [-0.1, -0.05) is 12.1 Å². The second kappa shape index (κ2) is 5.52. The van der Waals surface area contributed by atoms with Gasteiger partial charge in [0.25, 0.3) is 0 Å². The van der Waals surface area contributed by atoms with E-state index in [1.165, 1.54) is 0 Å². The molecule has 0 aliphatic rings. The van der Waals surface area contributed by atoms with E-state index >= 15 is 0 Å². The Bertz CT molecular complexity index is 573. The summed E-state index contributed by atoms with van der Waals surface area (Å²) in [5, 5.41) is 2.76. The van der Waals surface area contributed by atoms with Gasteiger partial charge in [-0.15, -0.1) is 0 Å². The van der Waals surface area contributed by atoms with Crippen LogP contribution >= 0.6 is 11.8 Å². The Balaban J connectivity index is 2.02. The molecule has 8 heteroatoms. The summed E-state index contributed by atoms with van der Waals surface area (Å²) in [6, 6.07) is 7.14. The maximum Gasteiger partial charge on any atom is 0.441 e. The molecule has 2 rings (SSSR count). The van der Waals surface area contributed by atoms with Crippen molar-refractivity contribution in [3.63, 3.8) is 0 Å². The van der Waals surface area contributed by atoms with Crippen LogP contribution in [0.5, 0.6) is 0 Å². The minimum Gasteiger partial charge on any atom is -0.381 e. The Kier molecular flexibility index (Phi) is 3.98.